The molecular weight excluding hydrogens is 266 g/mol. The van der Waals surface area contributed by atoms with E-state index < -0.39 is 0 Å². The van der Waals surface area contributed by atoms with Crippen LogP contribution in [0.25, 0.3) is 0 Å². The van der Waals surface area contributed by atoms with E-state index in [-0.39, 0.29) is 0 Å². The monoisotopic (exact) mass is 293 g/mol. The molecule has 21 heavy (non-hydrogen) atoms. The molecule has 0 spiro atoms. The van der Waals surface area contributed by atoms with Gasteiger partial charge in [-0.15, -0.1) is 0 Å². The minimum Gasteiger partial charge on any atom is -0.490 e. The Kier molecular flexibility index (Phi) is 6.83. The fraction of sp³-hybridized carbons (Fsp3) is 0.647. The molecule has 4 nitrogen and oxygen atoms in total. The van der Waals surface area contributed by atoms with Crippen LogP contribution in [0.3, 0.4) is 0 Å². The number of hydrogen-bond acceptors (Lipinski definition) is 4. The van der Waals surface area contributed by atoms with Crippen LogP contribution in [0.2, 0.25) is 0 Å². The Labute approximate surface area is 127 Å². The highest BCUT2D eigenvalue weighted by atomic mass is 16.5. The zero-order valence-corrected chi connectivity index (χ0v) is 13.2. The Morgan fingerprint density at radius 1 is 1.19 bits per heavy atom. The quantitative estimate of drug-likeness (QED) is 0.637. The molecule has 4 heteroatoms. The van der Waals surface area contributed by atoms with Crippen LogP contribution in [0.15, 0.2) is 18.2 Å². The molecule has 1 N–H and O–H groups in total. The Hall–Kier alpha value is -1.26. The standard InChI is InChI=1S/C17H27NO3/c1-3-20-16-6-4-5-15(13-18-10-12-19-2)17(16)21-11-9-14-7-8-14/h4-6,14,18H,3,7-13H2,1-2H3. The van der Waals surface area contributed by atoms with Crippen molar-refractivity contribution in [3.63, 3.8) is 0 Å². The molecular formula is C17H27NO3. The number of hydrogen-bond donors (Lipinski definition) is 1. The molecule has 0 bridgehead atoms. The lowest BCUT2D eigenvalue weighted by Gasteiger charge is -2.16. The van der Waals surface area contributed by atoms with Gasteiger partial charge >= 0.3 is 0 Å². The van der Waals surface area contributed by atoms with E-state index >= 15 is 0 Å². The zero-order chi connectivity index (χ0) is 14.9. The molecule has 0 amide bonds. The number of rotatable bonds is 11. The van der Waals surface area contributed by atoms with Crippen molar-refractivity contribution in [2.75, 3.05) is 33.5 Å². The van der Waals surface area contributed by atoms with Gasteiger partial charge < -0.3 is 19.5 Å². The summed E-state index contributed by atoms with van der Waals surface area (Å²) in [6.07, 6.45) is 3.88. The number of ether oxygens (including phenoxy) is 3. The van der Waals surface area contributed by atoms with Crippen LogP contribution in [0.5, 0.6) is 11.5 Å². The van der Waals surface area contributed by atoms with Crippen LogP contribution < -0.4 is 14.8 Å². The summed E-state index contributed by atoms with van der Waals surface area (Å²) in [5, 5.41) is 3.36. The van der Waals surface area contributed by atoms with E-state index in [1.54, 1.807) is 7.11 Å². The van der Waals surface area contributed by atoms with Gasteiger partial charge in [0.15, 0.2) is 11.5 Å². The van der Waals surface area contributed by atoms with Gasteiger partial charge in [-0.1, -0.05) is 25.0 Å². The number of benzene rings is 1. The summed E-state index contributed by atoms with van der Waals surface area (Å²) >= 11 is 0. The highest BCUT2D eigenvalue weighted by molar-refractivity contribution is 5.46. The average molecular weight is 293 g/mol. The van der Waals surface area contributed by atoms with E-state index in [0.29, 0.717) is 13.2 Å². The Morgan fingerprint density at radius 3 is 2.76 bits per heavy atom. The third-order valence-corrected chi connectivity index (χ3v) is 3.63. The van der Waals surface area contributed by atoms with Gasteiger partial charge in [0.2, 0.25) is 0 Å². The van der Waals surface area contributed by atoms with Crippen molar-refractivity contribution in [1.82, 2.24) is 5.32 Å². The number of para-hydroxylation sites is 1. The predicted molar refractivity (Wildman–Crippen MR) is 84.0 cm³/mol. The van der Waals surface area contributed by atoms with Crippen LogP contribution in [-0.4, -0.2) is 33.5 Å². The Morgan fingerprint density at radius 2 is 2.05 bits per heavy atom. The van der Waals surface area contributed by atoms with Gasteiger partial charge in [0.1, 0.15) is 0 Å². The first-order valence-electron chi connectivity index (χ1n) is 7.92. The molecule has 0 saturated heterocycles. The number of nitrogens with one attached hydrogen (secondary N) is 1. The summed E-state index contributed by atoms with van der Waals surface area (Å²) < 4.78 is 16.8. The maximum absolute atomic E-state index is 6.03. The molecule has 1 fully saturated rings. The molecule has 1 aromatic rings. The van der Waals surface area contributed by atoms with Crippen molar-refractivity contribution < 1.29 is 14.2 Å². The largest absolute Gasteiger partial charge is 0.490 e. The maximum Gasteiger partial charge on any atom is 0.165 e. The smallest absolute Gasteiger partial charge is 0.165 e. The van der Waals surface area contributed by atoms with Crippen molar-refractivity contribution in [1.29, 1.82) is 0 Å². The molecule has 0 aliphatic heterocycles. The molecule has 1 saturated carbocycles. The maximum atomic E-state index is 6.03. The van der Waals surface area contributed by atoms with Gasteiger partial charge in [-0.2, -0.15) is 0 Å². The summed E-state index contributed by atoms with van der Waals surface area (Å²) in [6.45, 7) is 5.74. The molecule has 0 unspecified atom stereocenters. The van der Waals surface area contributed by atoms with Crippen molar-refractivity contribution in [3.05, 3.63) is 23.8 Å². The Balaban J connectivity index is 1.95. The summed E-state index contributed by atoms with van der Waals surface area (Å²) in [5.74, 6) is 2.62. The van der Waals surface area contributed by atoms with Crippen molar-refractivity contribution >= 4 is 0 Å². The first-order valence-corrected chi connectivity index (χ1v) is 7.92. The zero-order valence-electron chi connectivity index (χ0n) is 13.2. The summed E-state index contributed by atoms with van der Waals surface area (Å²) in [6, 6.07) is 6.09. The highest BCUT2D eigenvalue weighted by Crippen LogP contribution is 2.35. The molecule has 0 radical (unpaired) electrons. The third-order valence-electron chi connectivity index (χ3n) is 3.63. The average Bonchev–Trinajstić information content (AvgIpc) is 3.30. The van der Waals surface area contributed by atoms with Crippen molar-refractivity contribution in [3.8, 4) is 11.5 Å². The molecule has 0 aromatic heterocycles. The van der Waals surface area contributed by atoms with Crippen molar-refractivity contribution in [2.45, 2.75) is 32.7 Å². The lowest BCUT2D eigenvalue weighted by atomic mass is 10.2. The Bertz CT molecular complexity index is 418. The lowest BCUT2D eigenvalue weighted by molar-refractivity contribution is 0.199. The molecule has 0 atom stereocenters. The summed E-state index contributed by atoms with van der Waals surface area (Å²) in [4.78, 5) is 0. The molecule has 0 heterocycles. The second-order valence-corrected chi connectivity index (χ2v) is 5.43. The molecule has 118 valence electrons. The van der Waals surface area contributed by atoms with E-state index in [0.717, 1.165) is 49.1 Å². The van der Waals surface area contributed by atoms with Gasteiger partial charge in [-0.25, -0.2) is 0 Å². The van der Waals surface area contributed by atoms with Crippen LogP contribution >= 0.6 is 0 Å². The lowest BCUT2D eigenvalue weighted by Crippen LogP contribution is -2.19. The van der Waals surface area contributed by atoms with Crippen LogP contribution in [0.1, 0.15) is 31.7 Å². The second kappa shape index (κ2) is 8.90. The van der Waals surface area contributed by atoms with E-state index in [1.165, 1.54) is 12.8 Å². The van der Waals surface area contributed by atoms with Gasteiger partial charge in [0, 0.05) is 25.8 Å². The normalized spacial score (nSPS) is 14.2. The SMILES string of the molecule is CCOc1cccc(CNCCOC)c1OCCC1CC1. The molecule has 1 aromatic carbocycles. The van der Waals surface area contributed by atoms with Crippen LogP contribution in [0, 0.1) is 5.92 Å². The van der Waals surface area contributed by atoms with Gasteiger partial charge in [-0.3, -0.25) is 0 Å². The fourth-order valence-electron chi connectivity index (χ4n) is 2.26. The topological polar surface area (TPSA) is 39.7 Å². The molecule has 1 aliphatic rings. The highest BCUT2D eigenvalue weighted by Gasteiger charge is 2.21. The second-order valence-electron chi connectivity index (χ2n) is 5.43. The summed E-state index contributed by atoms with van der Waals surface area (Å²) in [5.41, 5.74) is 1.15. The summed E-state index contributed by atoms with van der Waals surface area (Å²) in [7, 11) is 1.71. The van der Waals surface area contributed by atoms with Crippen LogP contribution in [-0.2, 0) is 11.3 Å². The minimum absolute atomic E-state index is 0.652. The fourth-order valence-corrected chi connectivity index (χ4v) is 2.26. The molecule has 1 aliphatic carbocycles. The first kappa shape index (κ1) is 16.1. The predicted octanol–water partition coefficient (Wildman–Crippen LogP) is 3.00. The van der Waals surface area contributed by atoms with Crippen molar-refractivity contribution in [2.24, 2.45) is 5.92 Å². The molecule has 2 rings (SSSR count). The van der Waals surface area contributed by atoms with Gasteiger partial charge in [0.05, 0.1) is 19.8 Å². The third kappa shape index (κ3) is 5.56. The van der Waals surface area contributed by atoms with E-state index in [9.17, 15) is 0 Å². The minimum atomic E-state index is 0.652. The van der Waals surface area contributed by atoms with Gasteiger partial charge in [0.25, 0.3) is 0 Å². The first-order chi connectivity index (χ1) is 10.3. The van der Waals surface area contributed by atoms with E-state index in [2.05, 4.69) is 11.4 Å². The van der Waals surface area contributed by atoms with Gasteiger partial charge in [-0.05, 0) is 25.3 Å². The van der Waals surface area contributed by atoms with E-state index in [1.807, 2.05) is 19.1 Å². The van der Waals surface area contributed by atoms with E-state index in [4.69, 9.17) is 14.2 Å². The number of methoxy groups -OCH3 is 1. The van der Waals surface area contributed by atoms with Crippen LogP contribution in [0.4, 0.5) is 0 Å².